The molecule has 0 radical (unpaired) electrons. The number of aryl methyl sites for hydroxylation is 4. The Kier molecular flexibility index (Phi) is 14.6. The summed E-state index contributed by atoms with van der Waals surface area (Å²) < 4.78 is 17.6. The molecular weight excluding hydrogens is 745 g/mol. The van der Waals surface area contributed by atoms with Crippen LogP contribution >= 0.6 is 23.2 Å². The van der Waals surface area contributed by atoms with Gasteiger partial charge in [-0.05, 0) is 123 Å². The van der Waals surface area contributed by atoms with Gasteiger partial charge in [0.1, 0.15) is 42.0 Å². The number of phenols is 3. The molecule has 0 aliphatic rings. The van der Waals surface area contributed by atoms with E-state index < -0.39 is 6.10 Å². The van der Waals surface area contributed by atoms with Gasteiger partial charge in [-0.1, -0.05) is 60.0 Å². The molecule has 0 saturated carbocycles. The van der Waals surface area contributed by atoms with Gasteiger partial charge in [-0.3, -0.25) is 14.4 Å². The van der Waals surface area contributed by atoms with Gasteiger partial charge in [-0.15, -0.1) is 0 Å². The lowest BCUT2D eigenvalue weighted by Gasteiger charge is -2.21. The highest BCUT2D eigenvalue weighted by Crippen LogP contribution is 2.41. The SMILES string of the molecule is CCC(Oc1ccc(C)cc1C)C(=O)Nc1cc(Cl)c(C)c(Cl)c1OCc1ccc(C=O)c(O)c1.Cc1cc(OCc2ccc(C=O)c(O)c2)c(C)cc1O. The molecule has 0 spiro atoms. The second-order valence-corrected chi connectivity index (χ2v) is 13.7. The fourth-order valence-electron chi connectivity index (χ4n) is 5.35. The summed E-state index contributed by atoms with van der Waals surface area (Å²) in [6.45, 7) is 11.5. The minimum atomic E-state index is -0.754. The van der Waals surface area contributed by atoms with Crippen molar-refractivity contribution in [2.75, 3.05) is 5.32 Å². The molecule has 0 aliphatic carbocycles. The van der Waals surface area contributed by atoms with E-state index in [9.17, 15) is 29.7 Å². The lowest BCUT2D eigenvalue weighted by Crippen LogP contribution is -2.32. The first-order valence-electron chi connectivity index (χ1n) is 17.3. The number of amides is 1. The number of aromatic hydroxyl groups is 3. The van der Waals surface area contributed by atoms with Gasteiger partial charge in [0.2, 0.25) is 0 Å². The number of anilines is 1. The number of halogens is 2. The number of aldehydes is 2. The molecule has 0 saturated heterocycles. The summed E-state index contributed by atoms with van der Waals surface area (Å²) in [6, 6.07) is 20.1. The zero-order valence-corrected chi connectivity index (χ0v) is 32.8. The summed E-state index contributed by atoms with van der Waals surface area (Å²) in [5, 5.41) is 32.6. The van der Waals surface area contributed by atoms with Crippen molar-refractivity contribution < 1.29 is 43.9 Å². The molecule has 5 aromatic carbocycles. The Bertz CT molecular complexity index is 2200. The summed E-state index contributed by atoms with van der Waals surface area (Å²) in [7, 11) is 0. The summed E-state index contributed by atoms with van der Waals surface area (Å²) in [4.78, 5) is 34.7. The van der Waals surface area contributed by atoms with Gasteiger partial charge >= 0.3 is 0 Å². The molecule has 12 heteroatoms. The number of rotatable bonds is 13. The zero-order valence-electron chi connectivity index (χ0n) is 31.3. The van der Waals surface area contributed by atoms with Crippen LogP contribution in [0.4, 0.5) is 5.69 Å². The lowest BCUT2D eigenvalue weighted by atomic mass is 10.1. The fraction of sp³-hybridized carbons (Fsp3) is 0.233. The highest BCUT2D eigenvalue weighted by Gasteiger charge is 2.23. The van der Waals surface area contributed by atoms with E-state index in [1.807, 2.05) is 45.9 Å². The van der Waals surface area contributed by atoms with Gasteiger partial charge in [0.25, 0.3) is 5.91 Å². The van der Waals surface area contributed by atoms with Gasteiger partial charge in [-0.25, -0.2) is 0 Å². The maximum Gasteiger partial charge on any atom is 0.265 e. The van der Waals surface area contributed by atoms with Crippen molar-refractivity contribution in [2.24, 2.45) is 0 Å². The molecule has 0 fully saturated rings. The van der Waals surface area contributed by atoms with Crippen LogP contribution in [0.1, 0.15) is 73.0 Å². The van der Waals surface area contributed by atoms with E-state index in [1.54, 1.807) is 50.2 Å². The van der Waals surface area contributed by atoms with Gasteiger partial charge < -0.3 is 34.8 Å². The van der Waals surface area contributed by atoms with Crippen LogP contribution < -0.4 is 19.5 Å². The topological polar surface area (TPSA) is 152 Å². The molecule has 4 N–H and O–H groups in total. The van der Waals surface area contributed by atoms with Crippen LogP contribution in [-0.4, -0.2) is 39.9 Å². The van der Waals surface area contributed by atoms with E-state index in [1.165, 1.54) is 18.2 Å². The average molecular weight is 789 g/mol. The third-order valence-corrected chi connectivity index (χ3v) is 9.49. The number of phenolic OH excluding ortho intramolecular Hbond substituents is 3. The molecule has 10 nitrogen and oxygen atoms in total. The first-order chi connectivity index (χ1) is 26.1. The van der Waals surface area contributed by atoms with Crippen molar-refractivity contribution in [1.29, 1.82) is 0 Å². The first-order valence-corrected chi connectivity index (χ1v) is 18.0. The number of nitrogens with one attached hydrogen (secondary N) is 1. The summed E-state index contributed by atoms with van der Waals surface area (Å²) in [6.07, 6.45) is 0.853. The van der Waals surface area contributed by atoms with Crippen LogP contribution in [0.2, 0.25) is 10.0 Å². The molecule has 0 bridgehead atoms. The number of ether oxygens (including phenoxy) is 3. The normalized spacial score (nSPS) is 11.1. The van der Waals surface area contributed by atoms with Crippen molar-refractivity contribution in [3.63, 3.8) is 0 Å². The van der Waals surface area contributed by atoms with Gasteiger partial charge in [-0.2, -0.15) is 0 Å². The smallest absolute Gasteiger partial charge is 0.265 e. The second kappa shape index (κ2) is 19.1. The highest BCUT2D eigenvalue weighted by molar-refractivity contribution is 6.37. The quantitative estimate of drug-likeness (QED) is 0.0855. The van der Waals surface area contributed by atoms with Gasteiger partial charge in [0, 0.05) is 5.02 Å². The largest absolute Gasteiger partial charge is 0.508 e. The Hall–Kier alpha value is -5.71. The predicted molar refractivity (Wildman–Crippen MR) is 214 cm³/mol. The standard InChI is InChI=1S/C27H27Cl2NO5.C16H16O4/c1-5-23(35-24-9-6-15(2)10-16(24)3)27(33)30-21-12-20(28)17(4)25(29)26(21)34-14-18-7-8-19(13-31)22(32)11-18;1-10-6-16(11(2)5-14(10)18)20-9-12-3-4-13(8-17)15(19)7-12/h6-13,23,32H,5,14H2,1-4H3,(H,30,33);3-8,18-19H,9H2,1-2H3. The predicted octanol–water partition coefficient (Wildman–Crippen LogP) is 9.92. The van der Waals surface area contributed by atoms with Crippen molar-refractivity contribution >= 4 is 47.4 Å². The zero-order chi connectivity index (χ0) is 40.4. The Morgan fingerprint density at radius 2 is 1.29 bits per heavy atom. The summed E-state index contributed by atoms with van der Waals surface area (Å²) in [5.74, 6) is 1.21. The van der Waals surface area contributed by atoms with E-state index in [0.29, 0.717) is 52.3 Å². The average Bonchev–Trinajstić information content (AvgIpc) is 3.14. The molecule has 288 valence electrons. The monoisotopic (exact) mass is 787 g/mol. The Morgan fingerprint density at radius 1 is 0.709 bits per heavy atom. The Balaban J connectivity index is 0.000000284. The molecule has 55 heavy (non-hydrogen) atoms. The summed E-state index contributed by atoms with van der Waals surface area (Å²) >= 11 is 12.9. The molecule has 0 heterocycles. The maximum atomic E-state index is 13.1. The second-order valence-electron chi connectivity index (χ2n) is 13.0. The van der Waals surface area contributed by atoms with E-state index in [4.69, 9.17) is 37.4 Å². The van der Waals surface area contributed by atoms with E-state index in [-0.39, 0.29) is 58.3 Å². The van der Waals surface area contributed by atoms with Crippen molar-refractivity contribution in [1.82, 2.24) is 0 Å². The Morgan fingerprint density at radius 3 is 1.84 bits per heavy atom. The molecule has 1 unspecified atom stereocenters. The van der Waals surface area contributed by atoms with Gasteiger partial charge in [0.05, 0.1) is 21.8 Å². The first kappa shape index (κ1) is 42.0. The number of carbonyl (C=O) groups is 3. The molecule has 1 atom stereocenters. The van der Waals surface area contributed by atoms with Crippen molar-refractivity contribution in [2.45, 2.75) is 67.3 Å². The minimum absolute atomic E-state index is 0.0344. The van der Waals surface area contributed by atoms with Crippen LogP contribution in [0.3, 0.4) is 0 Å². The number of carbonyl (C=O) groups excluding carboxylic acids is 3. The number of benzene rings is 5. The molecule has 0 aliphatic heterocycles. The number of hydrogen-bond acceptors (Lipinski definition) is 9. The molecule has 5 aromatic rings. The van der Waals surface area contributed by atoms with Crippen LogP contribution in [0.15, 0.2) is 72.8 Å². The van der Waals surface area contributed by atoms with Gasteiger partial charge in [0.15, 0.2) is 24.4 Å². The highest BCUT2D eigenvalue weighted by atomic mass is 35.5. The van der Waals surface area contributed by atoms with E-state index in [2.05, 4.69) is 5.32 Å². The maximum absolute atomic E-state index is 13.1. The van der Waals surface area contributed by atoms with Crippen LogP contribution in [0.5, 0.6) is 34.5 Å². The lowest BCUT2D eigenvalue weighted by molar-refractivity contribution is -0.122. The van der Waals surface area contributed by atoms with Crippen LogP contribution in [0.25, 0.3) is 0 Å². The third kappa shape index (κ3) is 10.9. The molecular formula is C43H43Cl2NO9. The van der Waals surface area contributed by atoms with E-state index >= 15 is 0 Å². The molecule has 0 aromatic heterocycles. The van der Waals surface area contributed by atoms with Crippen LogP contribution in [-0.2, 0) is 18.0 Å². The molecule has 5 rings (SSSR count). The van der Waals surface area contributed by atoms with E-state index in [0.717, 1.165) is 27.8 Å². The summed E-state index contributed by atoms with van der Waals surface area (Å²) in [5.41, 5.74) is 6.31. The fourth-order valence-corrected chi connectivity index (χ4v) is 5.86. The number of hydrogen-bond donors (Lipinski definition) is 4. The third-order valence-electron chi connectivity index (χ3n) is 8.64. The minimum Gasteiger partial charge on any atom is -0.508 e. The van der Waals surface area contributed by atoms with Crippen molar-refractivity contribution in [3.05, 3.63) is 133 Å². The molecule has 1 amide bonds. The van der Waals surface area contributed by atoms with Crippen molar-refractivity contribution in [3.8, 4) is 34.5 Å². The van der Waals surface area contributed by atoms with Crippen LogP contribution in [0, 0.1) is 34.6 Å². The Labute approximate surface area is 330 Å².